The summed E-state index contributed by atoms with van der Waals surface area (Å²) in [5.74, 6) is 0.146. The zero-order valence-electron chi connectivity index (χ0n) is 12.7. The van der Waals surface area contributed by atoms with Gasteiger partial charge in [-0.2, -0.15) is 5.10 Å². The van der Waals surface area contributed by atoms with E-state index in [1.54, 1.807) is 6.07 Å². The van der Waals surface area contributed by atoms with Gasteiger partial charge in [-0.15, -0.1) is 0 Å². The van der Waals surface area contributed by atoms with Crippen molar-refractivity contribution < 1.29 is 4.79 Å². The first-order chi connectivity index (χ1) is 10.7. The third-order valence-corrected chi connectivity index (χ3v) is 4.20. The van der Waals surface area contributed by atoms with Crippen LogP contribution < -0.4 is 5.56 Å². The van der Waals surface area contributed by atoms with Crippen LogP contribution in [0.4, 0.5) is 0 Å². The number of fused-ring (bicyclic) bond motifs is 1. The van der Waals surface area contributed by atoms with Gasteiger partial charge in [0.1, 0.15) is 0 Å². The van der Waals surface area contributed by atoms with Crippen molar-refractivity contribution in [2.24, 2.45) is 0 Å². The summed E-state index contributed by atoms with van der Waals surface area (Å²) < 4.78 is 2.22. The van der Waals surface area contributed by atoms with E-state index >= 15 is 0 Å². The van der Waals surface area contributed by atoms with E-state index in [0.29, 0.717) is 12.8 Å². The Kier molecular flexibility index (Phi) is 4.09. The predicted octanol–water partition coefficient (Wildman–Crippen LogP) is 1.50. The van der Waals surface area contributed by atoms with Gasteiger partial charge in [0.05, 0.1) is 11.7 Å². The van der Waals surface area contributed by atoms with Crippen molar-refractivity contribution in [2.75, 3.05) is 6.54 Å². The summed E-state index contributed by atoms with van der Waals surface area (Å²) in [6.45, 7) is 3.71. The standard InChI is InChI=1S/C16H20N4O2/c1-2-13-14-4-3-9-19(14)10-11-20(13)16(22)8-6-12-5-7-15(21)18-17-12/h3-5,7,9,13H,2,6,8,10-11H2,1H3,(H,18,21)/t13-/m0/s1. The zero-order chi connectivity index (χ0) is 15.5. The number of aryl methyl sites for hydroxylation is 1. The molecule has 1 N–H and O–H groups in total. The van der Waals surface area contributed by atoms with Gasteiger partial charge >= 0.3 is 0 Å². The molecule has 6 nitrogen and oxygen atoms in total. The van der Waals surface area contributed by atoms with Crippen molar-refractivity contribution in [1.29, 1.82) is 0 Å². The lowest BCUT2D eigenvalue weighted by Crippen LogP contribution is -2.41. The topological polar surface area (TPSA) is 71.0 Å². The summed E-state index contributed by atoms with van der Waals surface area (Å²) in [6.07, 6.45) is 3.94. The van der Waals surface area contributed by atoms with Crippen molar-refractivity contribution in [3.8, 4) is 0 Å². The van der Waals surface area contributed by atoms with Gasteiger partial charge in [0.15, 0.2) is 0 Å². The first kappa shape index (κ1) is 14.6. The molecule has 1 amide bonds. The molecule has 2 aromatic heterocycles. The minimum atomic E-state index is -0.224. The van der Waals surface area contributed by atoms with E-state index in [1.165, 1.54) is 11.8 Å². The number of hydrogen-bond acceptors (Lipinski definition) is 3. The SMILES string of the molecule is CC[C@H]1c2cccn2CCN1C(=O)CCc1ccc(=O)[nH]n1. The molecule has 116 valence electrons. The molecule has 22 heavy (non-hydrogen) atoms. The lowest BCUT2D eigenvalue weighted by molar-refractivity contribution is -0.134. The fraction of sp³-hybridized carbons (Fsp3) is 0.438. The maximum Gasteiger partial charge on any atom is 0.264 e. The lowest BCUT2D eigenvalue weighted by Gasteiger charge is -2.36. The Morgan fingerprint density at radius 2 is 2.23 bits per heavy atom. The van der Waals surface area contributed by atoms with E-state index < -0.39 is 0 Å². The molecule has 0 saturated carbocycles. The largest absolute Gasteiger partial charge is 0.348 e. The average Bonchev–Trinajstić information content (AvgIpc) is 3.01. The van der Waals surface area contributed by atoms with Crippen molar-refractivity contribution in [1.82, 2.24) is 19.7 Å². The van der Waals surface area contributed by atoms with Crippen LogP contribution in [0.1, 0.15) is 37.2 Å². The Morgan fingerprint density at radius 1 is 1.36 bits per heavy atom. The number of aromatic nitrogens is 3. The Balaban J connectivity index is 1.67. The van der Waals surface area contributed by atoms with Crippen molar-refractivity contribution in [3.63, 3.8) is 0 Å². The molecule has 1 aliphatic heterocycles. The highest BCUT2D eigenvalue weighted by Crippen LogP contribution is 2.29. The van der Waals surface area contributed by atoms with Crippen LogP contribution in [0, 0.1) is 0 Å². The third-order valence-electron chi connectivity index (χ3n) is 4.20. The summed E-state index contributed by atoms with van der Waals surface area (Å²) in [5.41, 5.74) is 1.73. The summed E-state index contributed by atoms with van der Waals surface area (Å²) in [6, 6.07) is 7.40. The number of H-pyrrole nitrogens is 1. The minimum Gasteiger partial charge on any atom is -0.348 e. The highest BCUT2D eigenvalue weighted by Gasteiger charge is 2.29. The molecule has 1 aliphatic rings. The maximum absolute atomic E-state index is 12.6. The molecule has 0 unspecified atom stereocenters. The summed E-state index contributed by atoms with van der Waals surface area (Å²) >= 11 is 0. The third kappa shape index (κ3) is 2.81. The molecule has 0 bridgehead atoms. The van der Waals surface area contributed by atoms with E-state index in [0.717, 1.165) is 25.2 Å². The number of hydrogen-bond donors (Lipinski definition) is 1. The van der Waals surface area contributed by atoms with Crippen LogP contribution in [-0.2, 0) is 17.8 Å². The summed E-state index contributed by atoms with van der Waals surface area (Å²) in [5, 5.41) is 6.35. The lowest BCUT2D eigenvalue weighted by atomic mass is 10.1. The van der Waals surface area contributed by atoms with Crippen molar-refractivity contribution >= 4 is 5.91 Å². The molecular formula is C16H20N4O2. The van der Waals surface area contributed by atoms with Crippen LogP contribution in [0.3, 0.4) is 0 Å². The minimum absolute atomic E-state index is 0.146. The highest BCUT2D eigenvalue weighted by molar-refractivity contribution is 5.77. The number of rotatable bonds is 4. The van der Waals surface area contributed by atoms with E-state index in [9.17, 15) is 9.59 Å². The Bertz CT molecular complexity index is 698. The first-order valence-electron chi connectivity index (χ1n) is 7.68. The number of nitrogens with one attached hydrogen (secondary N) is 1. The first-order valence-corrected chi connectivity index (χ1v) is 7.68. The second-order valence-corrected chi connectivity index (χ2v) is 5.55. The van der Waals surface area contributed by atoms with Crippen LogP contribution in [0.25, 0.3) is 0 Å². The summed E-state index contributed by atoms with van der Waals surface area (Å²) in [7, 11) is 0. The van der Waals surface area contributed by atoms with Gasteiger partial charge in [0.25, 0.3) is 5.56 Å². The number of carbonyl (C=O) groups is 1. The van der Waals surface area contributed by atoms with Crippen LogP contribution >= 0.6 is 0 Å². The second kappa shape index (κ2) is 6.17. The quantitative estimate of drug-likeness (QED) is 0.930. The van der Waals surface area contributed by atoms with Gasteiger partial charge in [0.2, 0.25) is 5.91 Å². The molecular weight excluding hydrogens is 280 g/mol. The normalized spacial score (nSPS) is 17.3. The molecule has 3 heterocycles. The monoisotopic (exact) mass is 300 g/mol. The smallest absolute Gasteiger partial charge is 0.264 e. The van der Waals surface area contributed by atoms with Gasteiger partial charge in [-0.05, 0) is 24.6 Å². The molecule has 0 fully saturated rings. The average molecular weight is 300 g/mol. The van der Waals surface area contributed by atoms with E-state index in [2.05, 4.69) is 34.0 Å². The molecule has 0 spiro atoms. The predicted molar refractivity (Wildman–Crippen MR) is 82.4 cm³/mol. The van der Waals surface area contributed by atoms with Crippen molar-refractivity contribution in [2.45, 2.75) is 38.8 Å². The zero-order valence-corrected chi connectivity index (χ0v) is 12.7. The molecule has 0 saturated heterocycles. The van der Waals surface area contributed by atoms with Crippen LogP contribution in [-0.4, -0.2) is 32.1 Å². The molecule has 0 aromatic carbocycles. The molecule has 2 aromatic rings. The van der Waals surface area contributed by atoms with Crippen LogP contribution in [0.5, 0.6) is 0 Å². The number of carbonyl (C=O) groups excluding carboxylic acids is 1. The second-order valence-electron chi connectivity index (χ2n) is 5.55. The van der Waals surface area contributed by atoms with E-state index in [-0.39, 0.29) is 17.5 Å². The van der Waals surface area contributed by atoms with Gasteiger partial charge < -0.3 is 9.47 Å². The fourth-order valence-electron chi connectivity index (χ4n) is 3.08. The van der Waals surface area contributed by atoms with Gasteiger partial charge in [-0.3, -0.25) is 9.59 Å². The molecule has 0 radical (unpaired) electrons. The van der Waals surface area contributed by atoms with Crippen LogP contribution in [0.15, 0.2) is 35.3 Å². The van der Waals surface area contributed by atoms with Crippen molar-refractivity contribution in [3.05, 3.63) is 52.2 Å². The van der Waals surface area contributed by atoms with Gasteiger partial charge in [-0.1, -0.05) is 6.92 Å². The number of aromatic amines is 1. The molecule has 1 atom stereocenters. The number of amides is 1. The number of nitrogens with zero attached hydrogens (tertiary/aromatic N) is 3. The molecule has 0 aliphatic carbocycles. The van der Waals surface area contributed by atoms with Crippen LogP contribution in [0.2, 0.25) is 0 Å². The van der Waals surface area contributed by atoms with E-state index in [1.807, 2.05) is 11.0 Å². The molecule has 6 heteroatoms. The molecule has 3 rings (SSSR count). The van der Waals surface area contributed by atoms with Gasteiger partial charge in [-0.25, -0.2) is 5.10 Å². The Labute approximate surface area is 128 Å². The van der Waals surface area contributed by atoms with E-state index in [4.69, 9.17) is 0 Å². The Morgan fingerprint density at radius 3 is 2.95 bits per heavy atom. The summed E-state index contributed by atoms with van der Waals surface area (Å²) in [4.78, 5) is 25.5. The Hall–Kier alpha value is -2.37. The van der Waals surface area contributed by atoms with Gasteiger partial charge in [0, 0.05) is 43.9 Å². The highest BCUT2D eigenvalue weighted by atomic mass is 16.2. The maximum atomic E-state index is 12.6. The fourth-order valence-corrected chi connectivity index (χ4v) is 3.08.